The molecule has 0 bridgehead atoms. The SMILES string of the molecule is CCn1c(CN2CCCCCC2=O)nnc1SCC(=O)N1CCN(CC(=O)N(C)C)CC1. The smallest absolute Gasteiger partial charge is 0.236 e. The highest BCUT2D eigenvalue weighted by Gasteiger charge is 2.24. The fourth-order valence-corrected chi connectivity index (χ4v) is 4.87. The van der Waals surface area contributed by atoms with Gasteiger partial charge < -0.3 is 19.3 Å². The average molecular weight is 466 g/mol. The second-order valence-corrected chi connectivity index (χ2v) is 9.45. The molecule has 11 heteroatoms. The van der Waals surface area contributed by atoms with Crippen LogP contribution in [0.3, 0.4) is 0 Å². The summed E-state index contributed by atoms with van der Waals surface area (Å²) in [6.07, 6.45) is 3.68. The molecule has 1 aromatic rings. The summed E-state index contributed by atoms with van der Waals surface area (Å²) in [6.45, 7) is 7.02. The maximum atomic E-state index is 12.7. The molecule has 1 aromatic heterocycles. The summed E-state index contributed by atoms with van der Waals surface area (Å²) in [6, 6.07) is 0. The van der Waals surface area contributed by atoms with Gasteiger partial charge in [-0.3, -0.25) is 19.3 Å². The molecule has 0 saturated carbocycles. The molecule has 2 aliphatic heterocycles. The van der Waals surface area contributed by atoms with Crippen molar-refractivity contribution in [2.75, 3.05) is 59.1 Å². The Labute approximate surface area is 194 Å². The summed E-state index contributed by atoms with van der Waals surface area (Å²) in [7, 11) is 3.51. The third kappa shape index (κ3) is 6.44. The van der Waals surface area contributed by atoms with Gasteiger partial charge in [-0.2, -0.15) is 0 Å². The molecule has 3 rings (SSSR count). The first-order chi connectivity index (χ1) is 15.4. The molecule has 2 aliphatic rings. The quantitative estimate of drug-likeness (QED) is 0.517. The van der Waals surface area contributed by atoms with Crippen molar-refractivity contribution >= 4 is 29.5 Å². The van der Waals surface area contributed by atoms with Gasteiger partial charge in [-0.15, -0.1) is 10.2 Å². The monoisotopic (exact) mass is 465 g/mol. The minimum absolute atomic E-state index is 0.0727. The third-order valence-corrected chi connectivity index (χ3v) is 6.97. The van der Waals surface area contributed by atoms with E-state index in [0.29, 0.717) is 63.1 Å². The summed E-state index contributed by atoms with van der Waals surface area (Å²) >= 11 is 1.40. The van der Waals surface area contributed by atoms with Crippen molar-refractivity contribution in [1.82, 2.24) is 34.4 Å². The molecule has 0 N–H and O–H groups in total. The van der Waals surface area contributed by atoms with E-state index in [1.54, 1.807) is 19.0 Å². The number of rotatable bonds is 8. The summed E-state index contributed by atoms with van der Waals surface area (Å²) in [5.74, 6) is 1.42. The van der Waals surface area contributed by atoms with Crippen LogP contribution in [0.15, 0.2) is 5.16 Å². The number of hydrogen-bond acceptors (Lipinski definition) is 7. The highest BCUT2D eigenvalue weighted by molar-refractivity contribution is 7.99. The largest absolute Gasteiger partial charge is 0.348 e. The Morgan fingerprint density at radius 2 is 1.78 bits per heavy atom. The van der Waals surface area contributed by atoms with E-state index in [1.165, 1.54) is 11.8 Å². The van der Waals surface area contributed by atoms with Gasteiger partial charge in [0.05, 0.1) is 18.8 Å². The molecule has 32 heavy (non-hydrogen) atoms. The molecule has 10 nitrogen and oxygen atoms in total. The van der Waals surface area contributed by atoms with E-state index >= 15 is 0 Å². The third-order valence-electron chi connectivity index (χ3n) is 6.02. The first-order valence-corrected chi connectivity index (χ1v) is 12.4. The maximum Gasteiger partial charge on any atom is 0.236 e. The molecule has 0 radical (unpaired) electrons. The lowest BCUT2D eigenvalue weighted by atomic mass is 10.2. The molecule has 0 aromatic carbocycles. The molecule has 3 heterocycles. The van der Waals surface area contributed by atoms with Crippen LogP contribution in [0, 0.1) is 0 Å². The van der Waals surface area contributed by atoms with Crippen LogP contribution in [0.1, 0.15) is 38.4 Å². The van der Waals surface area contributed by atoms with Crippen molar-refractivity contribution in [1.29, 1.82) is 0 Å². The van der Waals surface area contributed by atoms with Gasteiger partial charge in [0.15, 0.2) is 11.0 Å². The lowest BCUT2D eigenvalue weighted by Gasteiger charge is -2.34. The molecule has 3 amide bonds. The molecule has 0 atom stereocenters. The van der Waals surface area contributed by atoms with E-state index in [0.717, 1.165) is 31.6 Å². The zero-order chi connectivity index (χ0) is 23.1. The highest BCUT2D eigenvalue weighted by atomic mass is 32.2. The zero-order valence-electron chi connectivity index (χ0n) is 19.5. The van der Waals surface area contributed by atoms with Crippen LogP contribution in [-0.2, 0) is 27.5 Å². The van der Waals surface area contributed by atoms with E-state index in [9.17, 15) is 14.4 Å². The fourth-order valence-electron chi connectivity index (χ4n) is 3.94. The first kappa shape index (κ1) is 24.5. The second-order valence-electron chi connectivity index (χ2n) is 8.50. The van der Waals surface area contributed by atoms with Crippen molar-refractivity contribution in [3.63, 3.8) is 0 Å². The minimum atomic E-state index is 0.0727. The van der Waals surface area contributed by atoms with Crippen molar-refractivity contribution in [3.8, 4) is 0 Å². The van der Waals surface area contributed by atoms with Crippen LogP contribution in [0.4, 0.5) is 0 Å². The van der Waals surface area contributed by atoms with Gasteiger partial charge in [0, 0.05) is 59.8 Å². The molecule has 0 unspecified atom stereocenters. The lowest BCUT2D eigenvalue weighted by Crippen LogP contribution is -2.51. The van der Waals surface area contributed by atoms with E-state index in [-0.39, 0.29) is 17.7 Å². The van der Waals surface area contributed by atoms with Gasteiger partial charge in [0.2, 0.25) is 17.7 Å². The van der Waals surface area contributed by atoms with E-state index in [4.69, 9.17) is 0 Å². The van der Waals surface area contributed by atoms with Crippen molar-refractivity contribution in [2.24, 2.45) is 0 Å². The Bertz CT molecular complexity index is 805. The number of hydrogen-bond donors (Lipinski definition) is 0. The number of likely N-dealkylation sites (tertiary alicyclic amines) is 1. The van der Waals surface area contributed by atoms with Crippen molar-refractivity contribution in [3.05, 3.63) is 5.82 Å². The summed E-state index contributed by atoms with van der Waals surface area (Å²) in [5.41, 5.74) is 0. The molecular formula is C21H35N7O3S. The van der Waals surface area contributed by atoms with Crippen LogP contribution in [0.25, 0.3) is 0 Å². The van der Waals surface area contributed by atoms with Crippen LogP contribution >= 0.6 is 11.8 Å². The molecular weight excluding hydrogens is 430 g/mol. The Kier molecular flexibility index (Phi) is 8.92. The fraction of sp³-hybridized carbons (Fsp3) is 0.762. The number of piperazine rings is 1. The Morgan fingerprint density at radius 3 is 2.47 bits per heavy atom. The van der Waals surface area contributed by atoms with Gasteiger partial charge in [-0.1, -0.05) is 18.2 Å². The lowest BCUT2D eigenvalue weighted by molar-refractivity contribution is -0.133. The number of likely N-dealkylation sites (N-methyl/N-ethyl adjacent to an activating group) is 1. The van der Waals surface area contributed by atoms with Crippen molar-refractivity contribution in [2.45, 2.75) is 50.9 Å². The van der Waals surface area contributed by atoms with Crippen LogP contribution in [-0.4, -0.2) is 111 Å². The topological polar surface area (TPSA) is 94.9 Å². The number of carbonyl (C=O) groups excluding carboxylic acids is 3. The average Bonchev–Trinajstić information content (AvgIpc) is 3.06. The maximum absolute atomic E-state index is 12.7. The van der Waals surface area contributed by atoms with Gasteiger partial charge in [-0.05, 0) is 19.8 Å². The number of aromatic nitrogens is 3. The van der Waals surface area contributed by atoms with Crippen molar-refractivity contribution < 1.29 is 14.4 Å². The normalized spacial score (nSPS) is 18.0. The highest BCUT2D eigenvalue weighted by Crippen LogP contribution is 2.20. The van der Waals surface area contributed by atoms with E-state index in [1.807, 2.05) is 21.3 Å². The summed E-state index contributed by atoms with van der Waals surface area (Å²) < 4.78 is 2.00. The predicted octanol–water partition coefficient (Wildman–Crippen LogP) is 0.525. The number of thioether (sulfide) groups is 1. The first-order valence-electron chi connectivity index (χ1n) is 11.4. The van der Waals surface area contributed by atoms with Crippen LogP contribution in [0.5, 0.6) is 0 Å². The Balaban J connectivity index is 1.50. The Morgan fingerprint density at radius 1 is 1.03 bits per heavy atom. The number of nitrogens with zero attached hydrogens (tertiary/aromatic N) is 7. The second kappa shape index (κ2) is 11.6. The molecule has 0 aliphatic carbocycles. The van der Waals surface area contributed by atoms with E-state index < -0.39 is 0 Å². The molecule has 0 spiro atoms. The Hall–Kier alpha value is -2.14. The zero-order valence-corrected chi connectivity index (χ0v) is 20.3. The summed E-state index contributed by atoms with van der Waals surface area (Å²) in [5, 5.41) is 9.33. The number of carbonyl (C=O) groups is 3. The van der Waals surface area contributed by atoms with Gasteiger partial charge in [-0.25, -0.2) is 0 Å². The van der Waals surface area contributed by atoms with Crippen LogP contribution in [0.2, 0.25) is 0 Å². The van der Waals surface area contributed by atoms with E-state index in [2.05, 4.69) is 15.1 Å². The molecule has 178 valence electrons. The summed E-state index contributed by atoms with van der Waals surface area (Å²) in [4.78, 5) is 44.3. The van der Waals surface area contributed by atoms with Crippen LogP contribution < -0.4 is 0 Å². The molecule has 2 fully saturated rings. The number of amides is 3. The van der Waals surface area contributed by atoms with Gasteiger partial charge >= 0.3 is 0 Å². The van der Waals surface area contributed by atoms with Gasteiger partial charge in [0.1, 0.15) is 0 Å². The standard InChI is InChI=1S/C21H35N7O3S/c1-4-28-17(14-27-9-7-5-6-8-18(27)29)22-23-21(28)32-16-20(31)26-12-10-25(11-13-26)15-19(30)24(2)3/h4-16H2,1-3H3. The predicted molar refractivity (Wildman–Crippen MR) is 122 cm³/mol. The molecule has 2 saturated heterocycles. The minimum Gasteiger partial charge on any atom is -0.348 e. The van der Waals surface area contributed by atoms with Gasteiger partial charge in [0.25, 0.3) is 0 Å².